The van der Waals surface area contributed by atoms with Crippen molar-refractivity contribution >= 4 is 29.6 Å². The summed E-state index contributed by atoms with van der Waals surface area (Å²) in [6, 6.07) is 17.3. The van der Waals surface area contributed by atoms with Gasteiger partial charge in [0.2, 0.25) is 0 Å². The van der Waals surface area contributed by atoms with Gasteiger partial charge in [-0.2, -0.15) is 0 Å². The molecule has 0 radical (unpaired) electrons. The van der Waals surface area contributed by atoms with E-state index in [-0.39, 0.29) is 17.9 Å². The van der Waals surface area contributed by atoms with Crippen LogP contribution in [0.4, 0.5) is 0 Å². The van der Waals surface area contributed by atoms with Crippen molar-refractivity contribution < 1.29 is 33.7 Å². The van der Waals surface area contributed by atoms with Gasteiger partial charge in [0, 0.05) is 16.9 Å². The number of hydrogen-bond donors (Lipinski definition) is 2. The zero-order chi connectivity index (χ0) is 29.6. The fraction of sp³-hybridized carbons (Fsp3) is 0.344. The van der Waals surface area contributed by atoms with E-state index in [4.69, 9.17) is 14.2 Å². The first-order valence-electron chi connectivity index (χ1n) is 13.6. The average Bonchev–Trinajstić information content (AvgIpc) is 2.99. The van der Waals surface area contributed by atoms with Gasteiger partial charge in [0.15, 0.2) is 11.5 Å². The van der Waals surface area contributed by atoms with E-state index in [1.807, 2.05) is 6.26 Å². The van der Waals surface area contributed by atoms with E-state index < -0.39 is 23.9 Å². The molecular formula is C32H37NO7S. The second-order valence-corrected chi connectivity index (χ2v) is 10.3. The van der Waals surface area contributed by atoms with Crippen molar-refractivity contribution in [3.63, 3.8) is 0 Å². The molecule has 0 aliphatic carbocycles. The molecule has 9 heteroatoms. The van der Waals surface area contributed by atoms with Crippen LogP contribution in [0.5, 0.6) is 17.2 Å². The molecule has 3 rings (SSSR count). The maximum Gasteiger partial charge on any atom is 0.343 e. The summed E-state index contributed by atoms with van der Waals surface area (Å²) in [5, 5.41) is 12.3. The highest BCUT2D eigenvalue weighted by atomic mass is 32.2. The zero-order valence-corrected chi connectivity index (χ0v) is 24.5. The number of esters is 1. The number of carboxylic acids is 1. The minimum Gasteiger partial charge on any atom is -0.494 e. The van der Waals surface area contributed by atoms with Crippen LogP contribution in [0.1, 0.15) is 65.3 Å². The maximum absolute atomic E-state index is 12.8. The lowest BCUT2D eigenvalue weighted by Crippen LogP contribution is -2.42. The molecule has 3 aromatic rings. The van der Waals surface area contributed by atoms with E-state index >= 15 is 0 Å². The summed E-state index contributed by atoms with van der Waals surface area (Å²) in [5.74, 6) is -1.06. The predicted molar refractivity (Wildman–Crippen MR) is 159 cm³/mol. The summed E-state index contributed by atoms with van der Waals surface area (Å²) in [7, 11) is 1.43. The molecule has 1 amide bonds. The summed E-state index contributed by atoms with van der Waals surface area (Å²) in [6.45, 7) is 2.82. The van der Waals surface area contributed by atoms with E-state index in [1.54, 1.807) is 78.5 Å². The Morgan fingerprint density at radius 2 is 1.56 bits per heavy atom. The number of carbonyl (C=O) groups excluding carboxylic acids is 2. The Morgan fingerprint density at radius 1 is 0.878 bits per heavy atom. The quantitative estimate of drug-likeness (QED) is 0.0867. The maximum atomic E-state index is 12.8. The largest absolute Gasteiger partial charge is 0.494 e. The normalized spacial score (nSPS) is 11.4. The molecule has 0 saturated carbocycles. The lowest BCUT2D eigenvalue weighted by Gasteiger charge is -2.16. The standard InChI is InChI=1S/C32H37NO7S/c1-4-5-6-7-8-19-39-25-14-10-24(11-15-25)32(37)40-28-18-9-22(21-29(28)38-2)20-27(31(35)36)33-30(34)23-12-16-26(41-3)17-13-23/h9-18,21,27H,4-8,19-20H2,1-3H3,(H,33,34)(H,35,36). The molecule has 1 unspecified atom stereocenters. The van der Waals surface area contributed by atoms with E-state index in [0.717, 1.165) is 17.7 Å². The van der Waals surface area contributed by atoms with Crippen LogP contribution in [0.3, 0.4) is 0 Å². The lowest BCUT2D eigenvalue weighted by atomic mass is 10.0. The molecule has 218 valence electrons. The second kappa shape index (κ2) is 16.3. The van der Waals surface area contributed by atoms with Crippen molar-refractivity contribution in [1.29, 1.82) is 0 Å². The Kier molecular flexibility index (Phi) is 12.6. The van der Waals surface area contributed by atoms with Gasteiger partial charge < -0.3 is 24.6 Å². The fourth-order valence-electron chi connectivity index (χ4n) is 4.08. The Labute approximate surface area is 245 Å². The first kappa shape index (κ1) is 31.5. The fourth-order valence-corrected chi connectivity index (χ4v) is 4.49. The van der Waals surface area contributed by atoms with Gasteiger partial charge in [0.25, 0.3) is 5.91 Å². The molecule has 0 saturated heterocycles. The monoisotopic (exact) mass is 579 g/mol. The minimum absolute atomic E-state index is 0.00855. The molecule has 2 N–H and O–H groups in total. The summed E-state index contributed by atoms with van der Waals surface area (Å²) in [4.78, 5) is 38.3. The number of methoxy groups -OCH3 is 1. The van der Waals surface area contributed by atoms with Gasteiger partial charge in [0.1, 0.15) is 11.8 Å². The van der Waals surface area contributed by atoms with E-state index in [1.165, 1.54) is 26.4 Å². The van der Waals surface area contributed by atoms with Crippen LogP contribution >= 0.6 is 11.8 Å². The number of rotatable bonds is 16. The number of carbonyl (C=O) groups is 3. The smallest absolute Gasteiger partial charge is 0.343 e. The highest BCUT2D eigenvalue weighted by molar-refractivity contribution is 7.98. The SMILES string of the molecule is CCCCCCCOc1ccc(C(=O)Oc2ccc(CC(NC(=O)c3ccc(SC)cc3)C(=O)O)cc2OC)cc1. The highest BCUT2D eigenvalue weighted by Gasteiger charge is 2.22. The highest BCUT2D eigenvalue weighted by Crippen LogP contribution is 2.30. The summed E-state index contributed by atoms with van der Waals surface area (Å²) in [6.07, 6.45) is 7.71. The van der Waals surface area contributed by atoms with Crippen molar-refractivity contribution in [2.24, 2.45) is 0 Å². The number of ether oxygens (including phenoxy) is 3. The number of aliphatic carboxylic acids is 1. The molecule has 0 spiro atoms. The molecule has 0 heterocycles. The summed E-state index contributed by atoms with van der Waals surface area (Å²) >= 11 is 1.55. The lowest BCUT2D eigenvalue weighted by molar-refractivity contribution is -0.139. The number of hydrogen-bond acceptors (Lipinski definition) is 7. The Morgan fingerprint density at radius 3 is 2.20 bits per heavy atom. The van der Waals surface area contributed by atoms with Gasteiger partial charge in [-0.15, -0.1) is 11.8 Å². The van der Waals surface area contributed by atoms with Gasteiger partial charge in [-0.3, -0.25) is 4.79 Å². The van der Waals surface area contributed by atoms with Crippen molar-refractivity contribution in [2.45, 2.75) is 56.4 Å². The van der Waals surface area contributed by atoms with Crippen LogP contribution < -0.4 is 19.5 Å². The van der Waals surface area contributed by atoms with Crippen LogP contribution in [0.25, 0.3) is 0 Å². The number of unbranched alkanes of at least 4 members (excludes halogenated alkanes) is 4. The topological polar surface area (TPSA) is 111 Å². The molecule has 41 heavy (non-hydrogen) atoms. The van der Waals surface area contributed by atoms with Gasteiger partial charge >= 0.3 is 11.9 Å². The minimum atomic E-state index is -1.17. The first-order valence-corrected chi connectivity index (χ1v) is 14.9. The summed E-state index contributed by atoms with van der Waals surface area (Å²) < 4.78 is 16.7. The van der Waals surface area contributed by atoms with Crippen molar-refractivity contribution in [2.75, 3.05) is 20.0 Å². The number of nitrogens with one attached hydrogen (secondary N) is 1. The van der Waals surface area contributed by atoms with Crippen LogP contribution in [0.2, 0.25) is 0 Å². The second-order valence-electron chi connectivity index (χ2n) is 9.46. The summed E-state index contributed by atoms with van der Waals surface area (Å²) in [5.41, 5.74) is 1.31. The van der Waals surface area contributed by atoms with Gasteiger partial charge in [-0.25, -0.2) is 9.59 Å². The van der Waals surface area contributed by atoms with E-state index in [9.17, 15) is 19.5 Å². The third-order valence-corrected chi connectivity index (χ3v) is 7.18. The van der Waals surface area contributed by atoms with Crippen LogP contribution in [0.15, 0.2) is 71.6 Å². The third kappa shape index (κ3) is 9.86. The van der Waals surface area contributed by atoms with Gasteiger partial charge in [-0.05, 0) is 78.9 Å². The zero-order valence-electron chi connectivity index (χ0n) is 23.7. The number of benzene rings is 3. The van der Waals surface area contributed by atoms with Gasteiger partial charge in [-0.1, -0.05) is 38.7 Å². The van der Waals surface area contributed by atoms with E-state index in [2.05, 4.69) is 12.2 Å². The Hall–Kier alpha value is -3.98. The molecule has 0 aliphatic rings. The number of carboxylic acid groups (broad SMARTS) is 1. The van der Waals surface area contributed by atoms with Crippen molar-refractivity contribution in [3.05, 3.63) is 83.4 Å². The Balaban J connectivity index is 1.59. The third-order valence-electron chi connectivity index (χ3n) is 6.43. The Bertz CT molecular complexity index is 1290. The van der Waals surface area contributed by atoms with Crippen molar-refractivity contribution in [1.82, 2.24) is 5.32 Å². The van der Waals surface area contributed by atoms with Gasteiger partial charge in [0.05, 0.1) is 19.3 Å². The van der Waals surface area contributed by atoms with E-state index in [0.29, 0.717) is 29.0 Å². The molecule has 3 aromatic carbocycles. The number of amides is 1. The molecule has 0 bridgehead atoms. The molecule has 0 fully saturated rings. The van der Waals surface area contributed by atoms with Crippen molar-refractivity contribution in [3.8, 4) is 17.2 Å². The molecular weight excluding hydrogens is 542 g/mol. The van der Waals surface area contributed by atoms with Crippen LogP contribution in [-0.2, 0) is 11.2 Å². The molecule has 0 aromatic heterocycles. The molecule has 8 nitrogen and oxygen atoms in total. The number of thioether (sulfide) groups is 1. The molecule has 0 aliphatic heterocycles. The first-order chi connectivity index (χ1) is 19.8. The van der Waals surface area contributed by atoms with Crippen LogP contribution in [-0.4, -0.2) is 49.0 Å². The average molecular weight is 580 g/mol. The van der Waals surface area contributed by atoms with Crippen LogP contribution in [0, 0.1) is 0 Å². The predicted octanol–water partition coefficient (Wildman–Crippen LogP) is 6.41. The molecule has 1 atom stereocenters.